The number of benzene rings is 3. The average molecular weight is 299 g/mol. The van der Waals surface area contributed by atoms with Gasteiger partial charge in [-0.25, -0.2) is 0 Å². The molecule has 0 unspecified atom stereocenters. The fourth-order valence-electron chi connectivity index (χ4n) is 3.74. The largest absolute Gasteiger partial charge is 0.309 e. The molecular weight excluding hydrogens is 278 g/mol. The molecule has 1 nitrogen and oxygen atoms in total. The lowest BCUT2D eigenvalue weighted by atomic mass is 10.0. The molecule has 3 aromatic carbocycles. The number of aromatic nitrogens is 1. The van der Waals surface area contributed by atoms with E-state index in [1.54, 1.807) is 0 Å². The number of para-hydroxylation sites is 2. The first-order valence-electron chi connectivity index (χ1n) is 8.30. The van der Waals surface area contributed by atoms with Crippen molar-refractivity contribution < 1.29 is 0 Å². The highest BCUT2D eigenvalue weighted by molar-refractivity contribution is 6.10. The Morgan fingerprint density at radius 1 is 0.739 bits per heavy atom. The van der Waals surface area contributed by atoms with Gasteiger partial charge in [0.25, 0.3) is 0 Å². The standard InChI is InChI=1S/C22H21N/c1-4-17-15(2)13-14-19-18-10-6-8-12-21(18)23(22(17)19)20-11-7-5-9-16(20)3/h5-14H,4H2,1-3H3. The van der Waals surface area contributed by atoms with Gasteiger partial charge < -0.3 is 4.57 Å². The number of hydrogen-bond donors (Lipinski definition) is 0. The Hall–Kier alpha value is -2.54. The Morgan fingerprint density at radius 3 is 2.26 bits per heavy atom. The first-order chi connectivity index (χ1) is 11.2. The molecule has 0 saturated carbocycles. The second-order valence-electron chi connectivity index (χ2n) is 6.25. The third-order valence-electron chi connectivity index (χ3n) is 4.89. The van der Waals surface area contributed by atoms with Gasteiger partial charge in [-0.05, 0) is 49.1 Å². The van der Waals surface area contributed by atoms with Crippen LogP contribution in [0.15, 0.2) is 60.7 Å². The van der Waals surface area contributed by atoms with Crippen LogP contribution in [0.1, 0.15) is 23.6 Å². The van der Waals surface area contributed by atoms with E-state index in [9.17, 15) is 0 Å². The van der Waals surface area contributed by atoms with E-state index in [4.69, 9.17) is 0 Å². The van der Waals surface area contributed by atoms with Crippen LogP contribution in [0.25, 0.3) is 27.5 Å². The van der Waals surface area contributed by atoms with Crippen LogP contribution in [0.2, 0.25) is 0 Å². The topological polar surface area (TPSA) is 4.93 Å². The van der Waals surface area contributed by atoms with Crippen molar-refractivity contribution >= 4 is 21.8 Å². The number of nitrogens with zero attached hydrogens (tertiary/aromatic N) is 1. The fraction of sp³-hybridized carbons (Fsp3) is 0.182. The molecule has 0 atom stereocenters. The van der Waals surface area contributed by atoms with Gasteiger partial charge in [-0.15, -0.1) is 0 Å². The number of hydrogen-bond acceptors (Lipinski definition) is 0. The molecule has 1 heterocycles. The molecule has 0 aliphatic carbocycles. The van der Waals surface area contributed by atoms with Crippen molar-refractivity contribution in [3.63, 3.8) is 0 Å². The van der Waals surface area contributed by atoms with Crippen LogP contribution in [0.4, 0.5) is 0 Å². The van der Waals surface area contributed by atoms with Gasteiger partial charge in [0.05, 0.1) is 11.0 Å². The van der Waals surface area contributed by atoms with Crippen LogP contribution in [-0.4, -0.2) is 4.57 Å². The second-order valence-corrected chi connectivity index (χ2v) is 6.25. The van der Waals surface area contributed by atoms with Gasteiger partial charge >= 0.3 is 0 Å². The van der Waals surface area contributed by atoms with E-state index in [1.165, 1.54) is 44.2 Å². The second kappa shape index (κ2) is 5.27. The van der Waals surface area contributed by atoms with Crippen molar-refractivity contribution in [1.29, 1.82) is 0 Å². The zero-order valence-electron chi connectivity index (χ0n) is 13.9. The third-order valence-corrected chi connectivity index (χ3v) is 4.89. The molecule has 4 rings (SSSR count). The molecule has 4 aromatic rings. The van der Waals surface area contributed by atoms with Gasteiger partial charge in [0.15, 0.2) is 0 Å². The van der Waals surface area contributed by atoms with E-state index in [-0.39, 0.29) is 0 Å². The molecule has 0 spiro atoms. The molecule has 0 aliphatic rings. The van der Waals surface area contributed by atoms with Crippen LogP contribution in [-0.2, 0) is 6.42 Å². The van der Waals surface area contributed by atoms with Gasteiger partial charge in [0, 0.05) is 16.5 Å². The lowest BCUT2D eigenvalue weighted by Crippen LogP contribution is -2.00. The minimum absolute atomic E-state index is 1.05. The van der Waals surface area contributed by atoms with Crippen molar-refractivity contribution in [1.82, 2.24) is 4.57 Å². The predicted molar refractivity (Wildman–Crippen MR) is 99.6 cm³/mol. The maximum absolute atomic E-state index is 2.45. The zero-order chi connectivity index (χ0) is 16.0. The summed E-state index contributed by atoms with van der Waals surface area (Å²) in [6.45, 7) is 6.66. The number of aryl methyl sites for hydroxylation is 3. The molecule has 0 bridgehead atoms. The van der Waals surface area contributed by atoms with E-state index in [1.807, 2.05) is 0 Å². The summed E-state index contributed by atoms with van der Waals surface area (Å²) < 4.78 is 2.45. The summed E-state index contributed by atoms with van der Waals surface area (Å²) in [4.78, 5) is 0. The minimum atomic E-state index is 1.05. The van der Waals surface area contributed by atoms with Crippen molar-refractivity contribution in [2.75, 3.05) is 0 Å². The molecule has 0 fully saturated rings. The lowest BCUT2D eigenvalue weighted by Gasteiger charge is -2.14. The van der Waals surface area contributed by atoms with Crippen molar-refractivity contribution in [2.24, 2.45) is 0 Å². The Balaban J connectivity index is 2.28. The van der Waals surface area contributed by atoms with Crippen molar-refractivity contribution in [2.45, 2.75) is 27.2 Å². The Morgan fingerprint density at radius 2 is 1.48 bits per heavy atom. The Labute approximate surface area is 137 Å². The number of fused-ring (bicyclic) bond motifs is 3. The smallest absolute Gasteiger partial charge is 0.0575 e. The summed E-state index contributed by atoms with van der Waals surface area (Å²) in [5, 5.41) is 2.69. The van der Waals surface area contributed by atoms with E-state index >= 15 is 0 Å². The van der Waals surface area contributed by atoms with Crippen LogP contribution >= 0.6 is 0 Å². The highest BCUT2D eigenvalue weighted by Crippen LogP contribution is 2.36. The molecule has 114 valence electrons. The SMILES string of the molecule is CCc1c(C)ccc2c3ccccc3n(-c3ccccc3C)c12. The van der Waals surface area contributed by atoms with E-state index in [2.05, 4.69) is 86.0 Å². The summed E-state index contributed by atoms with van der Waals surface area (Å²) in [5.41, 5.74) is 8.05. The minimum Gasteiger partial charge on any atom is -0.309 e. The fourth-order valence-corrected chi connectivity index (χ4v) is 3.74. The maximum atomic E-state index is 2.45. The van der Waals surface area contributed by atoms with E-state index < -0.39 is 0 Å². The van der Waals surface area contributed by atoms with Gasteiger partial charge in [0.2, 0.25) is 0 Å². The molecule has 0 radical (unpaired) electrons. The maximum Gasteiger partial charge on any atom is 0.0575 e. The molecule has 1 aromatic heterocycles. The van der Waals surface area contributed by atoms with Gasteiger partial charge in [-0.3, -0.25) is 0 Å². The van der Waals surface area contributed by atoms with Crippen LogP contribution in [0.5, 0.6) is 0 Å². The van der Waals surface area contributed by atoms with Gasteiger partial charge in [-0.2, -0.15) is 0 Å². The van der Waals surface area contributed by atoms with Gasteiger partial charge in [0.1, 0.15) is 0 Å². The monoisotopic (exact) mass is 299 g/mol. The first kappa shape index (κ1) is 14.1. The van der Waals surface area contributed by atoms with E-state index in [0.717, 1.165) is 6.42 Å². The average Bonchev–Trinajstić information content (AvgIpc) is 2.90. The predicted octanol–water partition coefficient (Wildman–Crippen LogP) is 5.96. The summed E-state index contributed by atoms with van der Waals surface area (Å²) in [6.07, 6.45) is 1.05. The number of rotatable bonds is 2. The molecule has 0 aliphatic heterocycles. The molecule has 1 heteroatoms. The van der Waals surface area contributed by atoms with Crippen LogP contribution in [0.3, 0.4) is 0 Å². The highest BCUT2D eigenvalue weighted by atomic mass is 15.0. The third kappa shape index (κ3) is 2.00. The van der Waals surface area contributed by atoms with Crippen molar-refractivity contribution in [3.05, 3.63) is 77.4 Å². The summed E-state index contributed by atoms with van der Waals surface area (Å²) in [5.74, 6) is 0. The molecule has 23 heavy (non-hydrogen) atoms. The Kier molecular flexibility index (Phi) is 3.23. The highest BCUT2D eigenvalue weighted by Gasteiger charge is 2.16. The zero-order valence-corrected chi connectivity index (χ0v) is 13.9. The first-order valence-corrected chi connectivity index (χ1v) is 8.30. The Bertz CT molecular complexity index is 1020. The quantitative estimate of drug-likeness (QED) is 0.430. The van der Waals surface area contributed by atoms with E-state index in [0.29, 0.717) is 0 Å². The summed E-state index contributed by atoms with van der Waals surface area (Å²) in [6, 6.07) is 21.9. The molecule has 0 amide bonds. The van der Waals surface area contributed by atoms with Crippen LogP contribution < -0.4 is 0 Å². The van der Waals surface area contributed by atoms with Crippen molar-refractivity contribution in [3.8, 4) is 5.69 Å². The summed E-state index contributed by atoms with van der Waals surface area (Å²) in [7, 11) is 0. The molecular formula is C22H21N. The summed E-state index contributed by atoms with van der Waals surface area (Å²) >= 11 is 0. The molecule has 0 saturated heterocycles. The van der Waals surface area contributed by atoms with Gasteiger partial charge in [-0.1, -0.05) is 55.5 Å². The normalized spacial score (nSPS) is 11.4. The molecule has 0 N–H and O–H groups in total. The van der Waals surface area contributed by atoms with Crippen LogP contribution in [0, 0.1) is 13.8 Å². The lowest BCUT2D eigenvalue weighted by molar-refractivity contribution is 1.08.